The molecule has 0 radical (unpaired) electrons. The first-order chi connectivity index (χ1) is 17.8. The van der Waals surface area contributed by atoms with Crippen LogP contribution in [0.4, 0.5) is 0 Å². The highest BCUT2D eigenvalue weighted by Crippen LogP contribution is 2.42. The van der Waals surface area contributed by atoms with Crippen molar-refractivity contribution in [2.24, 2.45) is 34.2 Å². The zero-order valence-corrected chi connectivity index (χ0v) is 25.7. The number of esters is 1. The minimum atomic E-state index is -1.78. The number of aliphatic hydroxyl groups is 2. The molecule has 1 saturated heterocycles. The molecule has 0 spiro atoms. The summed E-state index contributed by atoms with van der Waals surface area (Å²) in [4.78, 5) is 31.3. The Labute approximate surface area is 230 Å². The number of nitrogens with zero attached hydrogens (tertiary/aromatic N) is 1. The van der Waals surface area contributed by atoms with Gasteiger partial charge in [-0.25, -0.2) is 0 Å². The van der Waals surface area contributed by atoms with E-state index in [0.717, 1.165) is 6.42 Å². The minimum absolute atomic E-state index is 0.000459. The molecule has 1 aliphatic heterocycles. The summed E-state index contributed by atoms with van der Waals surface area (Å²) < 4.78 is 15.9. The zero-order chi connectivity index (χ0) is 29.7. The predicted molar refractivity (Wildman–Crippen MR) is 149 cm³/mol. The number of ether oxygens (including phenoxy) is 3. The van der Waals surface area contributed by atoms with Crippen LogP contribution >= 0.6 is 0 Å². The first kappa shape index (κ1) is 36.5. The van der Waals surface area contributed by atoms with Crippen molar-refractivity contribution in [1.82, 2.24) is 0 Å². The fourth-order valence-corrected chi connectivity index (χ4v) is 5.03. The molecule has 9 heteroatoms. The van der Waals surface area contributed by atoms with E-state index in [1.165, 1.54) is 6.92 Å². The van der Waals surface area contributed by atoms with E-state index in [4.69, 9.17) is 19.0 Å². The Morgan fingerprint density at radius 1 is 1.08 bits per heavy atom. The third-order valence-electron chi connectivity index (χ3n) is 8.18. The molecule has 0 aliphatic carbocycles. The number of oxime groups is 1. The van der Waals surface area contributed by atoms with Gasteiger partial charge in [0.1, 0.15) is 23.4 Å². The van der Waals surface area contributed by atoms with E-state index in [1.54, 1.807) is 27.9 Å². The van der Waals surface area contributed by atoms with Gasteiger partial charge < -0.3 is 29.3 Å². The number of aliphatic hydroxyl groups excluding tert-OH is 1. The molecule has 224 valence electrons. The minimum Gasteiger partial charge on any atom is -0.459 e. The Morgan fingerprint density at radius 3 is 2.21 bits per heavy atom. The first-order valence-corrected chi connectivity index (χ1v) is 14.2. The molecule has 2 N–H and O–H groups in total. The number of rotatable bonds is 8. The molecule has 1 aliphatic rings. The van der Waals surface area contributed by atoms with Crippen LogP contribution in [-0.4, -0.2) is 72.6 Å². The second-order valence-corrected chi connectivity index (χ2v) is 10.9. The number of methoxy groups -OCH3 is 1. The van der Waals surface area contributed by atoms with Gasteiger partial charge in [-0.15, -0.1) is 0 Å². The van der Waals surface area contributed by atoms with Crippen LogP contribution in [0.5, 0.6) is 0 Å². The number of Topliss-reactive ketones (excluding diaryl/α,β-unsaturated/α-hetero) is 1. The fraction of sp³-hybridized carbons (Fsp3) is 0.897. The lowest BCUT2D eigenvalue weighted by molar-refractivity contribution is -0.186. The molecular formula is C29H55NO8. The molecule has 0 aromatic heterocycles. The Kier molecular flexibility index (Phi) is 16.5. The lowest BCUT2D eigenvalue weighted by Gasteiger charge is -2.42. The highest BCUT2D eigenvalue weighted by Gasteiger charge is 2.47. The van der Waals surface area contributed by atoms with Gasteiger partial charge >= 0.3 is 5.97 Å². The van der Waals surface area contributed by atoms with Crippen LogP contribution in [0.15, 0.2) is 5.16 Å². The van der Waals surface area contributed by atoms with Gasteiger partial charge in [-0.3, -0.25) is 9.59 Å². The summed E-state index contributed by atoms with van der Waals surface area (Å²) in [6.45, 7) is 19.5. The van der Waals surface area contributed by atoms with E-state index in [9.17, 15) is 19.8 Å². The molecule has 1 rings (SSSR count). The molecule has 0 saturated carbocycles. The monoisotopic (exact) mass is 545 g/mol. The Balaban J connectivity index is 0.00000667. The zero-order valence-electron chi connectivity index (χ0n) is 25.7. The van der Waals surface area contributed by atoms with E-state index in [1.807, 2.05) is 27.7 Å². The lowest BCUT2D eigenvalue weighted by Crippen LogP contribution is -2.56. The second-order valence-electron chi connectivity index (χ2n) is 10.9. The van der Waals surface area contributed by atoms with E-state index in [2.05, 4.69) is 19.0 Å². The maximum absolute atomic E-state index is 13.0. The molecular weight excluding hydrogens is 490 g/mol. The normalized spacial score (nSPS) is 36.6. The third-order valence-corrected chi connectivity index (χ3v) is 8.18. The topological polar surface area (TPSA) is 124 Å². The number of hydrogen-bond donors (Lipinski definition) is 2. The van der Waals surface area contributed by atoms with E-state index in [0.29, 0.717) is 25.3 Å². The number of hydrogen-bond acceptors (Lipinski definition) is 9. The van der Waals surface area contributed by atoms with Gasteiger partial charge in [-0.1, -0.05) is 67.0 Å². The van der Waals surface area contributed by atoms with Crippen molar-refractivity contribution in [3.63, 3.8) is 0 Å². The van der Waals surface area contributed by atoms with Crippen molar-refractivity contribution in [3.8, 4) is 0 Å². The van der Waals surface area contributed by atoms with Crippen LogP contribution in [-0.2, 0) is 28.6 Å². The van der Waals surface area contributed by atoms with E-state index in [-0.39, 0.29) is 42.7 Å². The van der Waals surface area contributed by atoms with Gasteiger partial charge in [0.2, 0.25) is 6.79 Å². The van der Waals surface area contributed by atoms with Gasteiger partial charge in [-0.05, 0) is 43.9 Å². The van der Waals surface area contributed by atoms with Gasteiger partial charge in [0.05, 0.1) is 25.0 Å². The van der Waals surface area contributed by atoms with Crippen LogP contribution in [0.1, 0.15) is 94.9 Å². The standard InChI is InChI=1S/C27H49NO8.C2H6/c1-10-22-27(8,32)24(30)20(6)23(28-35-16-34-13-12-33-9)17(3)15-26(7,11-2)18(4)14-21(29)19(5)25(31)36-22;1-2/h17-20,22,24,30,32H,10-16H2,1-9H3;1-2H3/b28-23+;/t17-,18-,19-,20?,22-,24?,26-,27-;/m1./s1. The summed E-state index contributed by atoms with van der Waals surface area (Å²) in [5.74, 6) is -2.56. The van der Waals surface area contributed by atoms with Gasteiger partial charge in [0, 0.05) is 19.4 Å². The number of carbonyl (C=O) groups excluding carboxylic acids is 2. The van der Waals surface area contributed by atoms with Crippen LogP contribution in [0.3, 0.4) is 0 Å². The molecule has 0 bridgehead atoms. The summed E-state index contributed by atoms with van der Waals surface area (Å²) in [5, 5.41) is 27.1. The Hall–Kier alpha value is -1.55. The maximum Gasteiger partial charge on any atom is 0.316 e. The van der Waals surface area contributed by atoms with Crippen LogP contribution in [0, 0.1) is 29.1 Å². The summed E-state index contributed by atoms with van der Waals surface area (Å²) in [7, 11) is 1.58. The molecule has 1 fully saturated rings. The number of carbonyl (C=O) groups is 2. The van der Waals surface area contributed by atoms with Crippen molar-refractivity contribution in [2.45, 2.75) is 113 Å². The summed E-state index contributed by atoms with van der Waals surface area (Å²) >= 11 is 0. The molecule has 1 heterocycles. The van der Waals surface area contributed by atoms with E-state index >= 15 is 0 Å². The first-order valence-electron chi connectivity index (χ1n) is 14.2. The largest absolute Gasteiger partial charge is 0.459 e. The van der Waals surface area contributed by atoms with Crippen molar-refractivity contribution in [1.29, 1.82) is 0 Å². The summed E-state index contributed by atoms with van der Waals surface area (Å²) in [5.41, 5.74) is -1.45. The van der Waals surface area contributed by atoms with Gasteiger partial charge in [0.15, 0.2) is 0 Å². The third kappa shape index (κ3) is 9.88. The van der Waals surface area contributed by atoms with Crippen LogP contribution in [0.2, 0.25) is 0 Å². The maximum atomic E-state index is 13.0. The SMILES string of the molecule is CC.CC[C@H]1OC(=O)[C@H](C)C(=O)C[C@@H](C)[C@](C)(CC)C[C@@H](C)/C(=N\OCOCCOC)C(C)C(O)[C@]1(C)O. The molecule has 38 heavy (non-hydrogen) atoms. The van der Waals surface area contributed by atoms with E-state index < -0.39 is 35.6 Å². The quantitative estimate of drug-likeness (QED) is 0.147. The Bertz CT molecular complexity index is 740. The molecule has 9 nitrogen and oxygen atoms in total. The Morgan fingerprint density at radius 2 is 1.68 bits per heavy atom. The number of ketones is 1. The molecule has 2 unspecified atom stereocenters. The van der Waals surface area contributed by atoms with Crippen molar-refractivity contribution < 1.29 is 38.9 Å². The summed E-state index contributed by atoms with van der Waals surface area (Å²) in [6.07, 6.45) is -0.317. The highest BCUT2D eigenvalue weighted by atomic mass is 16.7. The lowest BCUT2D eigenvalue weighted by atomic mass is 9.66. The molecule has 0 amide bonds. The number of cyclic esters (lactones) is 1. The predicted octanol–water partition coefficient (Wildman–Crippen LogP) is 4.76. The average Bonchev–Trinajstić information content (AvgIpc) is 2.89. The van der Waals surface area contributed by atoms with Crippen molar-refractivity contribution in [3.05, 3.63) is 0 Å². The van der Waals surface area contributed by atoms with Crippen LogP contribution in [0.25, 0.3) is 0 Å². The molecule has 8 atom stereocenters. The fourth-order valence-electron chi connectivity index (χ4n) is 5.03. The molecule has 0 aromatic carbocycles. The average molecular weight is 546 g/mol. The van der Waals surface area contributed by atoms with Crippen molar-refractivity contribution >= 4 is 17.5 Å². The second kappa shape index (κ2) is 17.2. The van der Waals surface area contributed by atoms with Crippen LogP contribution < -0.4 is 0 Å². The van der Waals surface area contributed by atoms with Gasteiger partial charge in [-0.2, -0.15) is 0 Å². The summed E-state index contributed by atoms with van der Waals surface area (Å²) in [6, 6.07) is 0. The molecule has 0 aromatic rings. The smallest absolute Gasteiger partial charge is 0.316 e. The highest BCUT2D eigenvalue weighted by molar-refractivity contribution is 5.98. The van der Waals surface area contributed by atoms with Gasteiger partial charge in [0.25, 0.3) is 0 Å². The van der Waals surface area contributed by atoms with Crippen molar-refractivity contribution in [2.75, 3.05) is 27.1 Å².